The number of amides is 1. The second-order valence-corrected chi connectivity index (χ2v) is 7.69. The van der Waals surface area contributed by atoms with Crippen LogP contribution >= 0.6 is 11.6 Å². The van der Waals surface area contributed by atoms with Gasteiger partial charge in [0.2, 0.25) is 0 Å². The molecule has 6 nitrogen and oxygen atoms in total. The lowest BCUT2D eigenvalue weighted by molar-refractivity contribution is 0.100. The summed E-state index contributed by atoms with van der Waals surface area (Å²) in [4.78, 5) is 16.4. The summed E-state index contributed by atoms with van der Waals surface area (Å²) in [5, 5.41) is 9.41. The Morgan fingerprint density at radius 3 is 2.89 bits per heavy atom. The number of benzene rings is 1. The van der Waals surface area contributed by atoms with E-state index < -0.39 is 5.91 Å². The number of nitrogens with one attached hydrogen (secondary N) is 1. The number of rotatable bonds is 4. The van der Waals surface area contributed by atoms with E-state index >= 15 is 0 Å². The lowest BCUT2D eigenvalue weighted by Crippen LogP contribution is -2.21. The molecule has 2 aromatic heterocycles. The highest BCUT2D eigenvalue weighted by atomic mass is 35.5. The third-order valence-electron chi connectivity index (χ3n) is 5.31. The molecule has 27 heavy (non-hydrogen) atoms. The van der Waals surface area contributed by atoms with Crippen LogP contribution in [0.4, 0.5) is 11.5 Å². The zero-order valence-electron chi connectivity index (χ0n) is 15.2. The zero-order chi connectivity index (χ0) is 19.0. The van der Waals surface area contributed by atoms with Crippen LogP contribution in [0.15, 0.2) is 36.7 Å². The van der Waals surface area contributed by atoms with E-state index in [4.69, 9.17) is 17.3 Å². The third kappa shape index (κ3) is 3.62. The largest absolute Gasteiger partial charge is 0.365 e. The van der Waals surface area contributed by atoms with Crippen molar-refractivity contribution in [2.24, 2.45) is 11.7 Å². The highest BCUT2D eigenvalue weighted by molar-refractivity contribution is 6.31. The lowest BCUT2D eigenvalue weighted by Gasteiger charge is -2.28. The van der Waals surface area contributed by atoms with Crippen LogP contribution in [-0.2, 0) is 0 Å². The highest BCUT2D eigenvalue weighted by Crippen LogP contribution is 2.34. The molecule has 1 amide bonds. The van der Waals surface area contributed by atoms with Crippen molar-refractivity contribution in [3.05, 3.63) is 47.2 Å². The van der Waals surface area contributed by atoms with Crippen LogP contribution in [0.2, 0.25) is 5.02 Å². The van der Waals surface area contributed by atoms with Gasteiger partial charge in [-0.25, -0.2) is 0 Å². The van der Waals surface area contributed by atoms with Crippen molar-refractivity contribution in [1.82, 2.24) is 14.8 Å². The van der Waals surface area contributed by atoms with Crippen molar-refractivity contribution < 1.29 is 4.79 Å². The Balaban J connectivity index is 1.67. The predicted molar refractivity (Wildman–Crippen MR) is 107 cm³/mol. The van der Waals surface area contributed by atoms with Gasteiger partial charge in [0.05, 0.1) is 23.4 Å². The van der Waals surface area contributed by atoms with E-state index in [1.54, 1.807) is 12.4 Å². The van der Waals surface area contributed by atoms with Crippen LogP contribution in [0.25, 0.3) is 10.9 Å². The van der Waals surface area contributed by atoms with E-state index in [2.05, 4.69) is 22.3 Å². The van der Waals surface area contributed by atoms with E-state index in [1.807, 2.05) is 28.9 Å². The lowest BCUT2D eigenvalue weighted by atomic mass is 9.86. The standard InChI is InChI=1S/C20H22ClN5O/c1-12-4-2-3-5-18(12)26-11-16(19(22)27)20(25-26)24-15-9-13-8-14(21)6-7-17(13)23-10-15/h6-12,18H,2-5H2,1H3,(H2,22,27)(H,24,25). The smallest absolute Gasteiger partial charge is 0.254 e. The summed E-state index contributed by atoms with van der Waals surface area (Å²) in [6, 6.07) is 7.76. The first-order chi connectivity index (χ1) is 13.0. The molecule has 0 saturated heterocycles. The Kier molecular flexibility index (Phi) is 4.74. The Bertz CT molecular complexity index is 999. The number of halogens is 1. The number of aromatic nitrogens is 3. The number of hydrogen-bond acceptors (Lipinski definition) is 4. The first-order valence-corrected chi connectivity index (χ1v) is 9.60. The van der Waals surface area contributed by atoms with Crippen LogP contribution < -0.4 is 11.1 Å². The second-order valence-electron chi connectivity index (χ2n) is 7.25. The van der Waals surface area contributed by atoms with Gasteiger partial charge in [0.15, 0.2) is 5.82 Å². The average Bonchev–Trinajstić information content (AvgIpc) is 3.05. The molecular formula is C20H22ClN5O. The number of hydrogen-bond donors (Lipinski definition) is 2. The number of fused-ring (bicyclic) bond motifs is 1. The molecular weight excluding hydrogens is 362 g/mol. The molecule has 1 fully saturated rings. The van der Waals surface area contributed by atoms with Gasteiger partial charge in [-0.2, -0.15) is 5.10 Å². The molecule has 4 rings (SSSR count). The zero-order valence-corrected chi connectivity index (χ0v) is 15.9. The van der Waals surface area contributed by atoms with Crippen LogP contribution in [0, 0.1) is 5.92 Å². The van der Waals surface area contributed by atoms with Gasteiger partial charge in [0.25, 0.3) is 5.91 Å². The van der Waals surface area contributed by atoms with Crippen molar-refractivity contribution in [1.29, 1.82) is 0 Å². The summed E-state index contributed by atoms with van der Waals surface area (Å²) in [6.45, 7) is 2.24. The van der Waals surface area contributed by atoms with Gasteiger partial charge in [-0.3, -0.25) is 14.5 Å². The Labute approximate surface area is 162 Å². The molecule has 1 aliphatic carbocycles. The normalized spacial score (nSPS) is 19.9. The van der Waals surface area contributed by atoms with Crippen LogP contribution in [-0.4, -0.2) is 20.7 Å². The fourth-order valence-electron chi connectivity index (χ4n) is 3.83. The van der Waals surface area contributed by atoms with Gasteiger partial charge in [-0.15, -0.1) is 0 Å². The molecule has 1 saturated carbocycles. The molecule has 1 aromatic carbocycles. The number of nitrogens with zero attached hydrogens (tertiary/aromatic N) is 3. The number of pyridine rings is 1. The predicted octanol–water partition coefficient (Wildman–Crippen LogP) is 4.68. The average molecular weight is 384 g/mol. The summed E-state index contributed by atoms with van der Waals surface area (Å²) in [6.07, 6.45) is 8.15. The van der Waals surface area contributed by atoms with Gasteiger partial charge < -0.3 is 11.1 Å². The topological polar surface area (TPSA) is 85.8 Å². The molecule has 2 unspecified atom stereocenters. The second kappa shape index (κ2) is 7.19. The van der Waals surface area contributed by atoms with Crippen LogP contribution in [0.1, 0.15) is 49.0 Å². The Morgan fingerprint density at radius 1 is 1.30 bits per heavy atom. The van der Waals surface area contributed by atoms with E-state index in [9.17, 15) is 4.79 Å². The highest BCUT2D eigenvalue weighted by Gasteiger charge is 2.26. The van der Waals surface area contributed by atoms with Crippen molar-refractivity contribution >= 4 is 39.9 Å². The maximum atomic E-state index is 11.9. The summed E-state index contributed by atoms with van der Waals surface area (Å²) in [7, 11) is 0. The number of carbonyl (C=O) groups excluding carboxylic acids is 1. The molecule has 3 aromatic rings. The first-order valence-electron chi connectivity index (χ1n) is 9.22. The molecule has 0 spiro atoms. The number of carbonyl (C=O) groups is 1. The quantitative estimate of drug-likeness (QED) is 0.684. The molecule has 140 valence electrons. The molecule has 0 radical (unpaired) electrons. The summed E-state index contributed by atoms with van der Waals surface area (Å²) in [5.74, 6) is 0.490. The van der Waals surface area contributed by atoms with Gasteiger partial charge in [-0.05, 0) is 43.0 Å². The molecule has 3 N–H and O–H groups in total. The molecule has 1 aliphatic rings. The summed E-state index contributed by atoms with van der Waals surface area (Å²) < 4.78 is 1.90. The van der Waals surface area contributed by atoms with Gasteiger partial charge in [-0.1, -0.05) is 31.4 Å². The maximum absolute atomic E-state index is 11.9. The molecule has 0 aliphatic heterocycles. The van der Waals surface area contributed by atoms with Crippen molar-refractivity contribution in [3.63, 3.8) is 0 Å². The Morgan fingerprint density at radius 2 is 2.11 bits per heavy atom. The minimum Gasteiger partial charge on any atom is -0.365 e. The fraction of sp³-hybridized carbons (Fsp3) is 0.350. The van der Waals surface area contributed by atoms with Gasteiger partial charge >= 0.3 is 0 Å². The molecule has 2 heterocycles. The van der Waals surface area contributed by atoms with E-state index in [0.29, 0.717) is 28.4 Å². The van der Waals surface area contributed by atoms with Gasteiger partial charge in [0, 0.05) is 16.6 Å². The van der Waals surface area contributed by atoms with Crippen molar-refractivity contribution in [2.75, 3.05) is 5.32 Å². The number of primary amides is 1. The Hall–Kier alpha value is -2.60. The monoisotopic (exact) mass is 383 g/mol. The number of nitrogens with two attached hydrogens (primary N) is 1. The minimum atomic E-state index is -0.496. The third-order valence-corrected chi connectivity index (χ3v) is 5.54. The SMILES string of the molecule is CC1CCCCC1n1cc(C(N)=O)c(Nc2cnc3ccc(Cl)cc3c2)n1. The van der Waals surface area contributed by atoms with Gasteiger partial charge in [0.1, 0.15) is 5.56 Å². The molecule has 2 atom stereocenters. The molecule has 0 bridgehead atoms. The van der Waals surface area contributed by atoms with E-state index in [0.717, 1.165) is 23.0 Å². The maximum Gasteiger partial charge on any atom is 0.254 e. The van der Waals surface area contributed by atoms with Crippen molar-refractivity contribution in [3.8, 4) is 0 Å². The van der Waals surface area contributed by atoms with E-state index in [-0.39, 0.29) is 0 Å². The molecule has 7 heteroatoms. The minimum absolute atomic E-state index is 0.293. The summed E-state index contributed by atoms with van der Waals surface area (Å²) in [5.41, 5.74) is 7.56. The van der Waals surface area contributed by atoms with Crippen LogP contribution in [0.3, 0.4) is 0 Å². The first kappa shape index (κ1) is 17.8. The summed E-state index contributed by atoms with van der Waals surface area (Å²) >= 11 is 6.08. The number of anilines is 2. The van der Waals surface area contributed by atoms with Crippen molar-refractivity contribution in [2.45, 2.75) is 38.6 Å². The van der Waals surface area contributed by atoms with Crippen LogP contribution in [0.5, 0.6) is 0 Å². The van der Waals surface area contributed by atoms with E-state index in [1.165, 1.54) is 19.3 Å². The fourth-order valence-corrected chi connectivity index (χ4v) is 4.01.